The summed E-state index contributed by atoms with van der Waals surface area (Å²) in [4.78, 5) is 11.5. The molecule has 0 spiro atoms. The average molecular weight is 240 g/mol. The molecule has 17 heavy (non-hydrogen) atoms. The molecule has 0 aromatic carbocycles. The van der Waals surface area contributed by atoms with Gasteiger partial charge in [-0.2, -0.15) is 0 Å². The molecule has 0 aromatic heterocycles. The largest absolute Gasteiger partial charge is 0.392 e. The third kappa shape index (κ3) is 6.30. The highest BCUT2D eigenvalue weighted by Crippen LogP contribution is 2.12. The van der Waals surface area contributed by atoms with E-state index in [-0.39, 0.29) is 24.4 Å². The molecule has 4 nitrogen and oxygen atoms in total. The van der Waals surface area contributed by atoms with Crippen LogP contribution in [0.15, 0.2) is 0 Å². The second-order valence-corrected chi connectivity index (χ2v) is 4.20. The van der Waals surface area contributed by atoms with E-state index in [1.165, 1.54) is 0 Å². The van der Waals surface area contributed by atoms with Crippen molar-refractivity contribution in [2.24, 2.45) is 5.92 Å². The number of carbonyl (C=O) groups excluding carboxylic acids is 1. The number of aliphatic hydroxyl groups excluding tert-OH is 1. The highest BCUT2D eigenvalue weighted by Gasteiger charge is 2.18. The maximum atomic E-state index is 11.5. The summed E-state index contributed by atoms with van der Waals surface area (Å²) in [6.07, 6.45) is 6.52. The number of rotatable bonds is 8. The molecule has 0 saturated heterocycles. The van der Waals surface area contributed by atoms with Crippen LogP contribution in [-0.4, -0.2) is 36.2 Å². The molecule has 0 bridgehead atoms. The summed E-state index contributed by atoms with van der Waals surface area (Å²) in [7, 11) is 0. The quantitative estimate of drug-likeness (QED) is 0.542. The van der Waals surface area contributed by atoms with Crippen LogP contribution < -0.4 is 10.6 Å². The maximum absolute atomic E-state index is 11.5. The molecule has 3 N–H and O–H groups in total. The molecule has 0 saturated carbocycles. The van der Waals surface area contributed by atoms with Gasteiger partial charge in [0.15, 0.2) is 0 Å². The van der Waals surface area contributed by atoms with Crippen LogP contribution in [0.3, 0.4) is 0 Å². The van der Waals surface area contributed by atoms with Gasteiger partial charge in [-0.25, -0.2) is 0 Å². The molecule has 4 heteroatoms. The first-order chi connectivity index (χ1) is 8.06. The second kappa shape index (κ2) is 9.03. The van der Waals surface area contributed by atoms with Gasteiger partial charge in [-0.05, 0) is 12.8 Å². The fraction of sp³-hybridized carbons (Fsp3) is 0.769. The predicted molar refractivity (Wildman–Crippen MR) is 69.4 cm³/mol. The van der Waals surface area contributed by atoms with Gasteiger partial charge in [0, 0.05) is 6.54 Å². The Morgan fingerprint density at radius 3 is 2.47 bits per heavy atom. The van der Waals surface area contributed by atoms with E-state index in [2.05, 4.69) is 30.4 Å². The lowest BCUT2D eigenvalue weighted by molar-refractivity contribution is -0.122. The molecular weight excluding hydrogens is 216 g/mol. The first-order valence-corrected chi connectivity index (χ1v) is 6.19. The average Bonchev–Trinajstić information content (AvgIpc) is 2.34. The van der Waals surface area contributed by atoms with Crippen molar-refractivity contribution in [3.05, 3.63) is 0 Å². The molecule has 98 valence electrons. The van der Waals surface area contributed by atoms with Crippen molar-refractivity contribution in [1.29, 1.82) is 0 Å². The van der Waals surface area contributed by atoms with Crippen LogP contribution in [0.5, 0.6) is 0 Å². The van der Waals surface area contributed by atoms with Crippen molar-refractivity contribution in [2.75, 3.05) is 13.1 Å². The van der Waals surface area contributed by atoms with E-state index in [9.17, 15) is 9.90 Å². The number of hydrogen-bond donors (Lipinski definition) is 3. The van der Waals surface area contributed by atoms with E-state index in [4.69, 9.17) is 6.42 Å². The molecule has 0 rings (SSSR count). The van der Waals surface area contributed by atoms with Gasteiger partial charge >= 0.3 is 0 Å². The van der Waals surface area contributed by atoms with E-state index >= 15 is 0 Å². The molecule has 0 heterocycles. The minimum atomic E-state index is -0.409. The van der Waals surface area contributed by atoms with Crippen LogP contribution in [0, 0.1) is 18.3 Å². The SMILES string of the molecule is C#CCNC(=O)C(C)NCC(O)C(CC)CC. The van der Waals surface area contributed by atoms with Crippen molar-refractivity contribution < 1.29 is 9.90 Å². The lowest BCUT2D eigenvalue weighted by atomic mass is 9.96. The van der Waals surface area contributed by atoms with Crippen LogP contribution >= 0.6 is 0 Å². The monoisotopic (exact) mass is 240 g/mol. The lowest BCUT2D eigenvalue weighted by Gasteiger charge is -2.22. The molecule has 0 fully saturated rings. The number of terminal acetylenes is 1. The fourth-order valence-electron chi connectivity index (χ4n) is 1.68. The van der Waals surface area contributed by atoms with Crippen LogP contribution in [0.25, 0.3) is 0 Å². The van der Waals surface area contributed by atoms with Crippen molar-refractivity contribution in [1.82, 2.24) is 10.6 Å². The van der Waals surface area contributed by atoms with Crippen LogP contribution in [0.2, 0.25) is 0 Å². The highest BCUT2D eigenvalue weighted by atomic mass is 16.3. The van der Waals surface area contributed by atoms with E-state index < -0.39 is 6.10 Å². The summed E-state index contributed by atoms with van der Waals surface area (Å²) in [5.74, 6) is 2.49. The Hall–Kier alpha value is -1.05. The molecule has 0 aliphatic heterocycles. The standard InChI is InChI=1S/C13H24N2O2/c1-5-8-14-13(17)10(4)15-9-12(16)11(6-2)7-3/h1,10-12,15-16H,6-9H2,2-4H3,(H,14,17). The highest BCUT2D eigenvalue weighted by molar-refractivity contribution is 5.81. The number of aliphatic hydroxyl groups is 1. The van der Waals surface area contributed by atoms with Crippen molar-refractivity contribution in [3.8, 4) is 12.3 Å². The predicted octanol–water partition coefficient (Wildman–Crippen LogP) is 0.511. The Kier molecular flexibility index (Phi) is 8.47. The van der Waals surface area contributed by atoms with Gasteiger partial charge < -0.3 is 15.7 Å². The first-order valence-electron chi connectivity index (χ1n) is 6.19. The summed E-state index contributed by atoms with van der Waals surface area (Å²) < 4.78 is 0. The summed E-state index contributed by atoms with van der Waals surface area (Å²) in [6, 6.07) is -0.340. The first kappa shape index (κ1) is 16.0. The van der Waals surface area contributed by atoms with Crippen LogP contribution in [-0.2, 0) is 4.79 Å². The van der Waals surface area contributed by atoms with Crippen LogP contribution in [0.4, 0.5) is 0 Å². The molecular formula is C13H24N2O2. The van der Waals surface area contributed by atoms with Crippen LogP contribution in [0.1, 0.15) is 33.6 Å². The number of carbonyl (C=O) groups is 1. The van der Waals surface area contributed by atoms with E-state index in [0.717, 1.165) is 12.8 Å². The molecule has 0 aliphatic carbocycles. The Bertz CT molecular complexity index is 257. The zero-order valence-corrected chi connectivity index (χ0v) is 11.0. The summed E-state index contributed by atoms with van der Waals surface area (Å²) >= 11 is 0. The third-order valence-corrected chi connectivity index (χ3v) is 2.98. The second-order valence-electron chi connectivity index (χ2n) is 4.20. The van der Waals surface area contributed by atoms with Gasteiger partial charge in [0.25, 0.3) is 0 Å². The van der Waals surface area contributed by atoms with Gasteiger partial charge in [-0.15, -0.1) is 6.42 Å². The zero-order valence-electron chi connectivity index (χ0n) is 11.0. The lowest BCUT2D eigenvalue weighted by Crippen LogP contribution is -2.46. The number of hydrogen-bond acceptors (Lipinski definition) is 3. The molecule has 2 atom stereocenters. The Balaban J connectivity index is 3.94. The zero-order chi connectivity index (χ0) is 13.3. The minimum absolute atomic E-state index is 0.139. The van der Waals surface area contributed by atoms with Gasteiger partial charge in [0.05, 0.1) is 18.7 Å². The van der Waals surface area contributed by atoms with E-state index in [1.54, 1.807) is 6.92 Å². The van der Waals surface area contributed by atoms with Crippen molar-refractivity contribution in [2.45, 2.75) is 45.8 Å². The van der Waals surface area contributed by atoms with E-state index in [0.29, 0.717) is 6.54 Å². The van der Waals surface area contributed by atoms with Gasteiger partial charge in [-0.3, -0.25) is 4.79 Å². The molecule has 0 aliphatic rings. The minimum Gasteiger partial charge on any atom is -0.392 e. The smallest absolute Gasteiger partial charge is 0.237 e. The molecule has 1 amide bonds. The topological polar surface area (TPSA) is 61.4 Å². The summed E-state index contributed by atoms with van der Waals surface area (Å²) in [6.45, 7) is 6.53. The van der Waals surface area contributed by atoms with Gasteiger partial charge in [-0.1, -0.05) is 32.6 Å². The Labute approximate surface area is 104 Å². The summed E-state index contributed by atoms with van der Waals surface area (Å²) in [5, 5.41) is 15.5. The fourth-order valence-corrected chi connectivity index (χ4v) is 1.68. The van der Waals surface area contributed by atoms with Gasteiger partial charge in [0.2, 0.25) is 5.91 Å². The third-order valence-electron chi connectivity index (χ3n) is 2.98. The Morgan fingerprint density at radius 2 is 2.00 bits per heavy atom. The molecule has 0 aromatic rings. The maximum Gasteiger partial charge on any atom is 0.237 e. The van der Waals surface area contributed by atoms with E-state index in [1.807, 2.05) is 0 Å². The normalized spacial score (nSPS) is 14.1. The van der Waals surface area contributed by atoms with Crippen molar-refractivity contribution >= 4 is 5.91 Å². The number of amides is 1. The molecule has 2 unspecified atom stereocenters. The number of nitrogens with one attached hydrogen (secondary N) is 2. The Morgan fingerprint density at radius 1 is 1.41 bits per heavy atom. The van der Waals surface area contributed by atoms with Gasteiger partial charge in [0.1, 0.15) is 0 Å². The summed E-state index contributed by atoms with van der Waals surface area (Å²) in [5.41, 5.74) is 0. The van der Waals surface area contributed by atoms with Crippen molar-refractivity contribution in [3.63, 3.8) is 0 Å². The molecule has 0 radical (unpaired) electrons.